The van der Waals surface area contributed by atoms with Gasteiger partial charge in [-0.25, -0.2) is 9.97 Å². The van der Waals surface area contributed by atoms with E-state index in [4.69, 9.17) is 14.4 Å². The fourth-order valence-corrected chi connectivity index (χ4v) is 12.1. The summed E-state index contributed by atoms with van der Waals surface area (Å²) >= 11 is 0. The van der Waals surface area contributed by atoms with E-state index in [1.54, 1.807) is 0 Å². The summed E-state index contributed by atoms with van der Waals surface area (Å²) in [6.07, 6.45) is 0. The molecule has 0 aliphatic rings. The van der Waals surface area contributed by atoms with Crippen LogP contribution in [-0.4, -0.2) is 9.97 Å². The zero-order valence-corrected chi connectivity index (χ0v) is 37.2. The Kier molecular flexibility index (Phi) is 10.1. The highest BCUT2D eigenvalue weighted by Crippen LogP contribution is 2.46. The minimum atomic E-state index is -3.13. The summed E-state index contributed by atoms with van der Waals surface area (Å²) in [5.41, 5.74) is 12.9. The molecule has 67 heavy (non-hydrogen) atoms. The van der Waals surface area contributed by atoms with Crippen LogP contribution in [0.3, 0.4) is 0 Å². The van der Waals surface area contributed by atoms with Gasteiger partial charge in [-0.2, -0.15) is 0 Å². The van der Waals surface area contributed by atoms with Crippen molar-refractivity contribution in [2.75, 3.05) is 0 Å². The first-order valence-corrected chi connectivity index (χ1v) is 24.2. The minimum absolute atomic E-state index is 0.690. The maximum absolute atomic E-state index is 15.2. The molecular weight excluding hydrogens is 836 g/mol. The maximum Gasteiger partial charge on any atom is 0.171 e. The molecule has 0 N–H and O–H groups in total. The Balaban J connectivity index is 0.957. The molecule has 2 heterocycles. The highest BCUT2D eigenvalue weighted by Gasteiger charge is 2.29. The van der Waals surface area contributed by atoms with Gasteiger partial charge in [-0.1, -0.05) is 218 Å². The lowest BCUT2D eigenvalue weighted by molar-refractivity contribution is 0.592. The Morgan fingerprint density at radius 2 is 0.821 bits per heavy atom. The molecule has 12 rings (SSSR count). The van der Waals surface area contributed by atoms with E-state index in [1.165, 1.54) is 0 Å². The number of furan rings is 1. The molecule has 0 aliphatic heterocycles. The summed E-state index contributed by atoms with van der Waals surface area (Å²) in [6.45, 7) is 0. The van der Waals surface area contributed by atoms with E-state index >= 15 is 4.57 Å². The van der Waals surface area contributed by atoms with Crippen molar-refractivity contribution in [3.63, 3.8) is 0 Å². The second-order valence-electron chi connectivity index (χ2n) is 16.8. The van der Waals surface area contributed by atoms with Crippen LogP contribution in [0.5, 0.6) is 0 Å². The first-order chi connectivity index (χ1) is 33.1. The van der Waals surface area contributed by atoms with Crippen LogP contribution in [-0.2, 0) is 4.57 Å². The summed E-state index contributed by atoms with van der Waals surface area (Å²) in [5, 5.41) is 6.68. The topological polar surface area (TPSA) is 56.0 Å². The van der Waals surface area contributed by atoms with E-state index in [-0.39, 0.29) is 0 Å². The molecule has 0 bridgehead atoms. The van der Waals surface area contributed by atoms with Crippen molar-refractivity contribution in [3.05, 3.63) is 249 Å². The third-order valence-electron chi connectivity index (χ3n) is 12.8. The maximum atomic E-state index is 15.2. The van der Waals surface area contributed by atoms with Crippen LogP contribution in [0.4, 0.5) is 0 Å². The smallest absolute Gasteiger partial charge is 0.171 e. The quantitative estimate of drug-likeness (QED) is 0.136. The van der Waals surface area contributed by atoms with Crippen molar-refractivity contribution in [1.82, 2.24) is 9.97 Å². The molecule has 2 aromatic heterocycles. The van der Waals surface area contributed by atoms with Gasteiger partial charge >= 0.3 is 0 Å². The summed E-state index contributed by atoms with van der Waals surface area (Å²) in [5.74, 6) is 0.690. The van der Waals surface area contributed by atoms with E-state index in [1.807, 2.05) is 109 Å². The average Bonchev–Trinajstić information content (AvgIpc) is 3.81. The Morgan fingerprint density at radius 1 is 0.328 bits per heavy atom. The molecule has 12 aromatic rings. The lowest BCUT2D eigenvalue weighted by atomic mass is 9.92. The van der Waals surface area contributed by atoms with Crippen molar-refractivity contribution in [2.45, 2.75) is 0 Å². The van der Waals surface area contributed by atoms with Gasteiger partial charge in [0.15, 0.2) is 13.0 Å². The molecule has 0 fully saturated rings. The lowest BCUT2D eigenvalue weighted by Gasteiger charge is -2.20. The molecule has 0 saturated heterocycles. The largest absolute Gasteiger partial charge is 0.455 e. The van der Waals surface area contributed by atoms with Crippen LogP contribution in [0.1, 0.15) is 0 Å². The van der Waals surface area contributed by atoms with Crippen molar-refractivity contribution in [1.29, 1.82) is 0 Å². The molecular formula is C62H41N2O2P. The first kappa shape index (κ1) is 40.1. The molecule has 0 atom stereocenters. The molecule has 0 saturated carbocycles. The zero-order valence-electron chi connectivity index (χ0n) is 36.3. The predicted molar refractivity (Wildman–Crippen MR) is 279 cm³/mol. The van der Waals surface area contributed by atoms with Gasteiger partial charge in [-0.15, -0.1) is 0 Å². The standard InChI is InChI=1S/C62H41N2O2P/c65-67(49-26-9-3-10-27-49,50-28-11-4-12-29-50)51-36-34-42(35-37-51)52-32-17-33-59-60(52)56-40-55(53-30-13-14-31-54(53)61(56)66-59)47-24-15-22-45(38-47)46-23-16-25-48(39-46)58-41-57(43-18-5-1-6-19-43)63-62(64-58)44-20-7-2-8-21-44/h1-41H. The highest BCUT2D eigenvalue weighted by molar-refractivity contribution is 7.85. The van der Waals surface area contributed by atoms with Crippen LogP contribution in [0.25, 0.3) is 100.0 Å². The highest BCUT2D eigenvalue weighted by atomic mass is 31.2. The fraction of sp³-hybridized carbons (Fsp3) is 0. The lowest BCUT2D eigenvalue weighted by Crippen LogP contribution is -2.24. The number of nitrogens with zero attached hydrogens (tertiary/aromatic N) is 2. The normalized spacial score (nSPS) is 11.6. The van der Waals surface area contributed by atoms with Crippen LogP contribution >= 0.6 is 7.14 Å². The first-order valence-electron chi connectivity index (χ1n) is 22.5. The van der Waals surface area contributed by atoms with Gasteiger partial charge in [0, 0.05) is 48.8 Å². The molecule has 316 valence electrons. The van der Waals surface area contributed by atoms with Crippen LogP contribution < -0.4 is 15.9 Å². The number of rotatable bonds is 9. The van der Waals surface area contributed by atoms with Gasteiger partial charge in [0.25, 0.3) is 0 Å². The van der Waals surface area contributed by atoms with Crippen LogP contribution in [0.15, 0.2) is 253 Å². The Hall–Kier alpha value is -8.43. The number of benzene rings is 10. The molecule has 5 heteroatoms. The number of aromatic nitrogens is 2. The minimum Gasteiger partial charge on any atom is -0.455 e. The third kappa shape index (κ3) is 7.25. The Labute approximate surface area is 388 Å². The van der Waals surface area contributed by atoms with Gasteiger partial charge in [0.05, 0.1) is 11.4 Å². The predicted octanol–water partition coefficient (Wildman–Crippen LogP) is 15.2. The second kappa shape index (κ2) is 16.8. The summed E-state index contributed by atoms with van der Waals surface area (Å²) in [4.78, 5) is 10.1. The number of hydrogen-bond donors (Lipinski definition) is 0. The number of hydrogen-bond acceptors (Lipinski definition) is 4. The SMILES string of the molecule is O=P(c1ccccc1)(c1ccccc1)c1ccc(-c2cccc3oc4c5ccccc5c(-c5cccc(-c6cccc(-c7cc(-c8ccccc8)nc(-c8ccccc8)n7)c6)c5)cc4c23)cc1. The molecule has 0 spiro atoms. The summed E-state index contributed by atoms with van der Waals surface area (Å²) in [6, 6.07) is 85.0. The monoisotopic (exact) mass is 876 g/mol. The molecule has 0 aliphatic carbocycles. The van der Waals surface area contributed by atoms with Crippen molar-refractivity contribution >= 4 is 55.8 Å². The Bertz CT molecular complexity index is 3710. The van der Waals surface area contributed by atoms with Crippen LogP contribution in [0.2, 0.25) is 0 Å². The molecule has 0 radical (unpaired) electrons. The number of fused-ring (bicyclic) bond motifs is 5. The van der Waals surface area contributed by atoms with E-state index in [2.05, 4.69) is 140 Å². The fourth-order valence-electron chi connectivity index (χ4n) is 9.49. The van der Waals surface area contributed by atoms with Crippen molar-refractivity contribution < 1.29 is 8.98 Å². The van der Waals surface area contributed by atoms with E-state index in [9.17, 15) is 0 Å². The zero-order chi connectivity index (χ0) is 44.7. The van der Waals surface area contributed by atoms with E-state index in [0.717, 1.165) is 110 Å². The van der Waals surface area contributed by atoms with Crippen LogP contribution in [0, 0.1) is 0 Å². The molecule has 10 aromatic carbocycles. The molecule has 0 amide bonds. The Morgan fingerprint density at radius 3 is 1.48 bits per heavy atom. The van der Waals surface area contributed by atoms with Crippen molar-refractivity contribution in [3.8, 4) is 67.3 Å². The summed E-state index contributed by atoms with van der Waals surface area (Å²) in [7, 11) is -3.13. The molecule has 4 nitrogen and oxygen atoms in total. The third-order valence-corrected chi connectivity index (χ3v) is 15.9. The van der Waals surface area contributed by atoms with Gasteiger partial charge in [0.1, 0.15) is 11.2 Å². The average molecular weight is 877 g/mol. The van der Waals surface area contributed by atoms with Gasteiger partial charge in [-0.3, -0.25) is 0 Å². The van der Waals surface area contributed by atoms with E-state index in [0.29, 0.717) is 5.82 Å². The second-order valence-corrected chi connectivity index (χ2v) is 19.6. The van der Waals surface area contributed by atoms with Gasteiger partial charge < -0.3 is 8.98 Å². The van der Waals surface area contributed by atoms with Gasteiger partial charge in [0.2, 0.25) is 0 Å². The molecule has 0 unspecified atom stereocenters. The van der Waals surface area contributed by atoms with Crippen molar-refractivity contribution in [2.24, 2.45) is 0 Å². The summed E-state index contributed by atoms with van der Waals surface area (Å²) < 4.78 is 22.0. The van der Waals surface area contributed by atoms with Gasteiger partial charge in [-0.05, 0) is 69.1 Å². The van der Waals surface area contributed by atoms with E-state index < -0.39 is 7.14 Å².